The summed E-state index contributed by atoms with van der Waals surface area (Å²) in [5.41, 5.74) is 1.42. The zero-order valence-corrected chi connectivity index (χ0v) is 12.4. The molecule has 0 heterocycles. The van der Waals surface area contributed by atoms with E-state index in [0.29, 0.717) is 5.56 Å². The van der Waals surface area contributed by atoms with Crippen molar-refractivity contribution in [3.63, 3.8) is 0 Å². The van der Waals surface area contributed by atoms with Gasteiger partial charge in [-0.25, -0.2) is 4.79 Å². The van der Waals surface area contributed by atoms with Gasteiger partial charge in [0, 0.05) is 17.7 Å². The van der Waals surface area contributed by atoms with Gasteiger partial charge in [-0.2, -0.15) is 11.8 Å². The van der Waals surface area contributed by atoms with Crippen molar-refractivity contribution >= 4 is 29.6 Å². The smallest absolute Gasteiger partial charge is 0.326 e. The lowest BCUT2D eigenvalue weighted by molar-refractivity contribution is -0.140. The van der Waals surface area contributed by atoms with Gasteiger partial charge in [0.25, 0.3) is 5.91 Å². The fraction of sp³-hybridized carbons (Fsp3) is 0.357. The van der Waals surface area contributed by atoms with E-state index in [1.165, 1.54) is 0 Å². The summed E-state index contributed by atoms with van der Waals surface area (Å²) in [4.78, 5) is 33.4. The Morgan fingerprint density at radius 3 is 2.29 bits per heavy atom. The van der Waals surface area contributed by atoms with Gasteiger partial charge in [-0.3, -0.25) is 9.59 Å². The lowest BCUT2D eigenvalue weighted by atomic mass is 10.1. The highest BCUT2D eigenvalue weighted by atomic mass is 32.2. The minimum atomic E-state index is -1.25. The highest BCUT2D eigenvalue weighted by Gasteiger charge is 2.21. The molecule has 0 saturated carbocycles. The molecule has 1 aromatic rings. The van der Waals surface area contributed by atoms with Crippen molar-refractivity contribution in [3.05, 3.63) is 35.4 Å². The van der Waals surface area contributed by atoms with Gasteiger partial charge in [0.05, 0.1) is 0 Å². The highest BCUT2D eigenvalue weighted by molar-refractivity contribution is 7.97. The van der Waals surface area contributed by atoms with Crippen LogP contribution in [0.15, 0.2) is 24.3 Å². The van der Waals surface area contributed by atoms with Crippen LogP contribution in [0.2, 0.25) is 0 Å². The van der Waals surface area contributed by atoms with E-state index >= 15 is 0 Å². The second-order valence-electron chi connectivity index (χ2n) is 4.43. The monoisotopic (exact) mass is 311 g/mol. The molecule has 21 heavy (non-hydrogen) atoms. The van der Waals surface area contributed by atoms with Crippen LogP contribution in [0.4, 0.5) is 0 Å². The number of nitrogens with one attached hydrogen (secondary N) is 1. The number of carbonyl (C=O) groups is 3. The van der Waals surface area contributed by atoms with Gasteiger partial charge in [-0.1, -0.05) is 12.1 Å². The molecule has 0 bridgehead atoms. The van der Waals surface area contributed by atoms with Gasteiger partial charge < -0.3 is 15.5 Å². The number of aliphatic carboxylic acids is 2. The minimum Gasteiger partial charge on any atom is -0.481 e. The Kier molecular flexibility index (Phi) is 6.74. The van der Waals surface area contributed by atoms with Crippen LogP contribution >= 0.6 is 11.8 Å². The number of thioether (sulfide) groups is 1. The van der Waals surface area contributed by atoms with Crippen LogP contribution in [-0.4, -0.2) is 40.4 Å². The van der Waals surface area contributed by atoms with E-state index in [2.05, 4.69) is 5.32 Å². The van der Waals surface area contributed by atoms with Crippen molar-refractivity contribution < 1.29 is 24.6 Å². The molecule has 114 valence electrons. The maximum Gasteiger partial charge on any atom is 0.326 e. The molecular weight excluding hydrogens is 294 g/mol. The van der Waals surface area contributed by atoms with Gasteiger partial charge in [0.2, 0.25) is 0 Å². The molecule has 7 heteroatoms. The first-order chi connectivity index (χ1) is 9.93. The average Bonchev–Trinajstić information content (AvgIpc) is 2.43. The summed E-state index contributed by atoms with van der Waals surface area (Å²) in [6, 6.07) is 5.64. The van der Waals surface area contributed by atoms with E-state index < -0.39 is 23.9 Å². The summed E-state index contributed by atoms with van der Waals surface area (Å²) in [5.74, 6) is -2.04. The third-order valence-corrected chi connectivity index (χ3v) is 3.40. The number of amides is 1. The first kappa shape index (κ1) is 17.0. The number of carboxylic acids is 2. The van der Waals surface area contributed by atoms with Crippen molar-refractivity contribution in [1.82, 2.24) is 5.32 Å². The van der Waals surface area contributed by atoms with Crippen LogP contribution in [0.5, 0.6) is 0 Å². The molecule has 0 saturated heterocycles. The van der Waals surface area contributed by atoms with E-state index in [9.17, 15) is 14.4 Å². The summed E-state index contributed by atoms with van der Waals surface area (Å²) in [6.07, 6.45) is 1.51. The number of carboxylic acid groups (broad SMARTS) is 2. The highest BCUT2D eigenvalue weighted by Crippen LogP contribution is 2.11. The summed E-state index contributed by atoms with van der Waals surface area (Å²) in [5, 5.41) is 19.9. The number of hydrogen-bond donors (Lipinski definition) is 3. The number of rotatable bonds is 8. The Labute approximate surface area is 126 Å². The molecule has 0 spiro atoms. The minimum absolute atomic E-state index is 0.152. The molecule has 0 aliphatic heterocycles. The molecule has 0 aromatic heterocycles. The molecule has 0 radical (unpaired) electrons. The standard InChI is InChI=1S/C14H17NO5S/c1-21-8-9-2-4-10(5-3-9)13(18)15-11(14(19)20)6-7-12(16)17/h2-5,11H,6-8H2,1H3,(H,15,18)(H,16,17)(H,19,20)/t11-/m0/s1. The fourth-order valence-electron chi connectivity index (χ4n) is 1.69. The van der Waals surface area contributed by atoms with E-state index in [4.69, 9.17) is 10.2 Å². The quantitative estimate of drug-likeness (QED) is 0.673. The van der Waals surface area contributed by atoms with Crippen LogP contribution < -0.4 is 5.32 Å². The van der Waals surface area contributed by atoms with Gasteiger partial charge >= 0.3 is 11.9 Å². The molecule has 0 aliphatic carbocycles. The van der Waals surface area contributed by atoms with E-state index in [0.717, 1.165) is 11.3 Å². The van der Waals surface area contributed by atoms with Crippen molar-refractivity contribution in [3.8, 4) is 0 Å². The van der Waals surface area contributed by atoms with Crippen LogP contribution in [0.25, 0.3) is 0 Å². The van der Waals surface area contributed by atoms with Gasteiger partial charge in [-0.05, 0) is 30.4 Å². The lowest BCUT2D eigenvalue weighted by Gasteiger charge is -2.13. The maximum atomic E-state index is 11.9. The molecule has 1 amide bonds. The molecular formula is C14H17NO5S. The summed E-state index contributed by atoms with van der Waals surface area (Å²) in [7, 11) is 0. The van der Waals surface area contributed by atoms with E-state index in [1.807, 2.05) is 6.26 Å². The molecule has 6 nitrogen and oxygen atoms in total. The zero-order valence-electron chi connectivity index (χ0n) is 11.5. The number of carbonyl (C=O) groups excluding carboxylic acids is 1. The van der Waals surface area contributed by atoms with Gasteiger partial charge in [0.1, 0.15) is 6.04 Å². The normalized spacial score (nSPS) is 11.7. The van der Waals surface area contributed by atoms with Crippen molar-refractivity contribution in [2.24, 2.45) is 0 Å². The van der Waals surface area contributed by atoms with Gasteiger partial charge in [0.15, 0.2) is 0 Å². The predicted molar refractivity (Wildman–Crippen MR) is 79.4 cm³/mol. The third kappa shape index (κ3) is 5.86. The fourth-order valence-corrected chi connectivity index (χ4v) is 2.21. The van der Waals surface area contributed by atoms with E-state index in [-0.39, 0.29) is 12.8 Å². The SMILES string of the molecule is CSCc1ccc(C(=O)N[C@@H](CCC(=O)O)C(=O)O)cc1. The second kappa shape index (κ2) is 8.31. The summed E-state index contributed by atoms with van der Waals surface area (Å²) in [6.45, 7) is 0. The summed E-state index contributed by atoms with van der Waals surface area (Å²) < 4.78 is 0. The van der Waals surface area contributed by atoms with Gasteiger partial charge in [-0.15, -0.1) is 0 Å². The molecule has 0 aliphatic rings. The lowest BCUT2D eigenvalue weighted by Crippen LogP contribution is -2.41. The van der Waals surface area contributed by atoms with Crippen molar-refractivity contribution in [2.75, 3.05) is 6.26 Å². The van der Waals surface area contributed by atoms with Crippen LogP contribution in [0.1, 0.15) is 28.8 Å². The molecule has 0 unspecified atom stereocenters. The zero-order chi connectivity index (χ0) is 15.8. The first-order valence-electron chi connectivity index (χ1n) is 6.27. The molecule has 1 rings (SSSR count). The van der Waals surface area contributed by atoms with Crippen LogP contribution in [0, 0.1) is 0 Å². The largest absolute Gasteiger partial charge is 0.481 e. The molecule has 1 aromatic carbocycles. The van der Waals surface area contributed by atoms with Crippen molar-refractivity contribution in [2.45, 2.75) is 24.6 Å². The molecule has 1 atom stereocenters. The number of benzene rings is 1. The average molecular weight is 311 g/mol. The second-order valence-corrected chi connectivity index (χ2v) is 5.29. The predicted octanol–water partition coefficient (Wildman–Crippen LogP) is 1.60. The summed E-state index contributed by atoms with van der Waals surface area (Å²) >= 11 is 1.66. The Bertz CT molecular complexity index is 515. The Balaban J connectivity index is 2.67. The maximum absolute atomic E-state index is 11.9. The Morgan fingerprint density at radius 2 is 1.81 bits per heavy atom. The Morgan fingerprint density at radius 1 is 1.19 bits per heavy atom. The molecule has 0 fully saturated rings. The third-order valence-electron chi connectivity index (χ3n) is 2.78. The molecule has 3 N–H and O–H groups in total. The number of hydrogen-bond acceptors (Lipinski definition) is 4. The van der Waals surface area contributed by atoms with Crippen molar-refractivity contribution in [1.29, 1.82) is 0 Å². The van der Waals surface area contributed by atoms with Crippen LogP contribution in [-0.2, 0) is 15.3 Å². The van der Waals surface area contributed by atoms with E-state index in [1.54, 1.807) is 36.0 Å². The first-order valence-corrected chi connectivity index (χ1v) is 7.66. The topological polar surface area (TPSA) is 104 Å². The Hall–Kier alpha value is -2.02. The van der Waals surface area contributed by atoms with Crippen LogP contribution in [0.3, 0.4) is 0 Å².